The van der Waals surface area contributed by atoms with Crippen molar-refractivity contribution >= 4 is 17.8 Å². The molecule has 3 heteroatoms. The minimum atomic E-state index is -0.351. The number of benzene rings is 1. The van der Waals surface area contributed by atoms with Crippen LogP contribution in [0.1, 0.15) is 35.7 Å². The number of carbonyl (C=O) groups excluding carboxylic acids is 2. The van der Waals surface area contributed by atoms with E-state index in [1.165, 1.54) is 6.08 Å². The molecule has 0 aromatic heterocycles. The van der Waals surface area contributed by atoms with Crippen LogP contribution in [0.5, 0.6) is 0 Å². The summed E-state index contributed by atoms with van der Waals surface area (Å²) in [5.41, 5.74) is 1.64. The van der Waals surface area contributed by atoms with Gasteiger partial charge in [-0.1, -0.05) is 24.3 Å². The molecule has 0 atom stereocenters. The Kier molecular flexibility index (Phi) is 3.92. The van der Waals surface area contributed by atoms with Crippen molar-refractivity contribution in [2.24, 2.45) is 5.92 Å². The van der Waals surface area contributed by atoms with Crippen molar-refractivity contribution in [2.75, 3.05) is 6.61 Å². The van der Waals surface area contributed by atoms with E-state index < -0.39 is 0 Å². The lowest BCUT2D eigenvalue weighted by Crippen LogP contribution is -2.00. The van der Waals surface area contributed by atoms with Crippen molar-refractivity contribution in [3.8, 4) is 0 Å². The van der Waals surface area contributed by atoms with Gasteiger partial charge in [-0.3, -0.25) is 4.79 Å². The van der Waals surface area contributed by atoms with E-state index in [2.05, 4.69) is 0 Å². The molecule has 0 heterocycles. The van der Waals surface area contributed by atoms with Crippen molar-refractivity contribution in [2.45, 2.75) is 19.8 Å². The number of ketones is 1. The van der Waals surface area contributed by atoms with Crippen LogP contribution in [0.4, 0.5) is 0 Å². The molecule has 1 aliphatic carbocycles. The third-order valence-corrected chi connectivity index (χ3v) is 2.84. The van der Waals surface area contributed by atoms with Gasteiger partial charge in [0.05, 0.1) is 6.61 Å². The molecule has 3 nitrogen and oxygen atoms in total. The molecule has 1 aliphatic rings. The van der Waals surface area contributed by atoms with Crippen LogP contribution in [0.2, 0.25) is 0 Å². The minimum absolute atomic E-state index is 0.232. The van der Waals surface area contributed by atoms with Crippen LogP contribution in [0, 0.1) is 5.92 Å². The van der Waals surface area contributed by atoms with Gasteiger partial charge < -0.3 is 4.74 Å². The van der Waals surface area contributed by atoms with E-state index in [1.54, 1.807) is 13.0 Å². The quantitative estimate of drug-likeness (QED) is 0.454. The van der Waals surface area contributed by atoms with E-state index in [-0.39, 0.29) is 17.7 Å². The molecule has 0 aliphatic heterocycles. The summed E-state index contributed by atoms with van der Waals surface area (Å²) in [6.07, 6.45) is 5.11. The molecule has 0 N–H and O–H groups in total. The normalized spacial score (nSPS) is 14.7. The molecule has 0 bridgehead atoms. The number of carbonyl (C=O) groups is 2. The van der Waals surface area contributed by atoms with Gasteiger partial charge in [0.2, 0.25) is 0 Å². The van der Waals surface area contributed by atoms with Crippen LogP contribution < -0.4 is 0 Å². The van der Waals surface area contributed by atoms with E-state index in [9.17, 15) is 9.59 Å². The number of rotatable bonds is 5. The summed E-state index contributed by atoms with van der Waals surface area (Å²) in [6, 6.07) is 7.30. The zero-order valence-electron chi connectivity index (χ0n) is 10.4. The number of ether oxygens (including phenoxy) is 1. The van der Waals surface area contributed by atoms with E-state index in [0.29, 0.717) is 6.61 Å². The molecule has 1 saturated carbocycles. The smallest absolute Gasteiger partial charge is 0.330 e. The highest BCUT2D eigenvalue weighted by molar-refractivity contribution is 5.99. The van der Waals surface area contributed by atoms with Crippen molar-refractivity contribution in [1.82, 2.24) is 0 Å². The summed E-state index contributed by atoms with van der Waals surface area (Å²) in [5.74, 6) is 0.123. The maximum absolute atomic E-state index is 11.8. The van der Waals surface area contributed by atoms with Crippen molar-refractivity contribution in [3.05, 3.63) is 41.5 Å². The third kappa shape index (κ3) is 3.29. The molecule has 0 radical (unpaired) electrons. The average Bonchev–Trinajstić information content (AvgIpc) is 3.21. The Bertz CT molecular complexity index is 467. The van der Waals surface area contributed by atoms with Crippen molar-refractivity contribution in [3.63, 3.8) is 0 Å². The molecule has 0 saturated heterocycles. The van der Waals surface area contributed by atoms with E-state index in [0.717, 1.165) is 24.0 Å². The Labute approximate surface area is 106 Å². The van der Waals surface area contributed by atoms with Gasteiger partial charge in [-0.2, -0.15) is 0 Å². The van der Waals surface area contributed by atoms with Gasteiger partial charge >= 0.3 is 5.97 Å². The number of hydrogen-bond acceptors (Lipinski definition) is 3. The molecule has 94 valence electrons. The molecule has 0 spiro atoms. The second-order valence-corrected chi connectivity index (χ2v) is 4.35. The Balaban J connectivity index is 1.98. The first kappa shape index (κ1) is 12.6. The summed E-state index contributed by atoms with van der Waals surface area (Å²) in [7, 11) is 0. The first-order valence-corrected chi connectivity index (χ1v) is 6.20. The van der Waals surface area contributed by atoms with Crippen LogP contribution in [-0.4, -0.2) is 18.4 Å². The summed E-state index contributed by atoms with van der Waals surface area (Å²) in [4.78, 5) is 22.9. The second-order valence-electron chi connectivity index (χ2n) is 4.35. The molecule has 1 aromatic rings. The highest BCUT2D eigenvalue weighted by atomic mass is 16.5. The lowest BCUT2D eigenvalue weighted by Gasteiger charge is -1.99. The van der Waals surface area contributed by atoms with E-state index in [1.807, 2.05) is 24.3 Å². The van der Waals surface area contributed by atoms with Crippen LogP contribution >= 0.6 is 0 Å². The SMILES string of the molecule is CCOC(=O)C=Cc1ccc(C(=O)C2CC2)cc1. The van der Waals surface area contributed by atoms with E-state index in [4.69, 9.17) is 4.74 Å². The van der Waals surface area contributed by atoms with Gasteiger partial charge in [-0.05, 0) is 31.4 Å². The monoisotopic (exact) mass is 244 g/mol. The predicted octanol–water partition coefficient (Wildman–Crippen LogP) is 2.86. The average molecular weight is 244 g/mol. The highest BCUT2D eigenvalue weighted by Crippen LogP contribution is 2.32. The Morgan fingerprint density at radius 2 is 1.94 bits per heavy atom. The van der Waals surface area contributed by atoms with Crippen LogP contribution in [0.25, 0.3) is 6.08 Å². The highest BCUT2D eigenvalue weighted by Gasteiger charge is 2.30. The van der Waals surface area contributed by atoms with Gasteiger partial charge in [-0.15, -0.1) is 0 Å². The summed E-state index contributed by atoms with van der Waals surface area (Å²) >= 11 is 0. The molecule has 0 amide bonds. The number of Topliss-reactive ketones (excluding diaryl/α,β-unsaturated/α-hetero) is 1. The Hall–Kier alpha value is -1.90. The van der Waals surface area contributed by atoms with Crippen LogP contribution in [0.15, 0.2) is 30.3 Å². The Morgan fingerprint density at radius 3 is 2.50 bits per heavy atom. The second kappa shape index (κ2) is 5.63. The molecule has 2 rings (SSSR count). The van der Waals surface area contributed by atoms with Crippen LogP contribution in [0.3, 0.4) is 0 Å². The summed E-state index contributed by atoms with van der Waals surface area (Å²) in [6.45, 7) is 2.14. The largest absolute Gasteiger partial charge is 0.463 e. The van der Waals surface area contributed by atoms with Crippen molar-refractivity contribution < 1.29 is 14.3 Å². The van der Waals surface area contributed by atoms with Crippen molar-refractivity contribution in [1.29, 1.82) is 0 Å². The van der Waals surface area contributed by atoms with Gasteiger partial charge in [0.1, 0.15) is 0 Å². The summed E-state index contributed by atoms with van der Waals surface area (Å²) < 4.78 is 4.79. The zero-order valence-corrected chi connectivity index (χ0v) is 10.4. The van der Waals surface area contributed by atoms with Gasteiger partial charge in [0.15, 0.2) is 5.78 Å². The van der Waals surface area contributed by atoms with Crippen LogP contribution in [-0.2, 0) is 9.53 Å². The first-order chi connectivity index (χ1) is 8.70. The number of hydrogen-bond donors (Lipinski definition) is 0. The fraction of sp³-hybridized carbons (Fsp3) is 0.333. The number of esters is 1. The summed E-state index contributed by atoms with van der Waals surface area (Å²) in [5, 5.41) is 0. The molecular formula is C15H16O3. The minimum Gasteiger partial charge on any atom is -0.463 e. The zero-order chi connectivity index (χ0) is 13.0. The predicted molar refractivity (Wildman–Crippen MR) is 69.2 cm³/mol. The molecule has 1 aromatic carbocycles. The first-order valence-electron chi connectivity index (χ1n) is 6.20. The fourth-order valence-corrected chi connectivity index (χ4v) is 1.69. The van der Waals surface area contributed by atoms with E-state index >= 15 is 0 Å². The maximum Gasteiger partial charge on any atom is 0.330 e. The van der Waals surface area contributed by atoms with Gasteiger partial charge in [0.25, 0.3) is 0 Å². The Morgan fingerprint density at radius 1 is 1.28 bits per heavy atom. The molecule has 1 fully saturated rings. The molecule has 0 unspecified atom stereocenters. The van der Waals surface area contributed by atoms with Gasteiger partial charge in [-0.25, -0.2) is 4.79 Å². The lowest BCUT2D eigenvalue weighted by molar-refractivity contribution is -0.137. The standard InChI is InChI=1S/C15H16O3/c1-2-18-14(16)10-5-11-3-6-12(7-4-11)15(17)13-8-9-13/h3-7,10,13H,2,8-9H2,1H3. The fourth-order valence-electron chi connectivity index (χ4n) is 1.69. The molecule has 18 heavy (non-hydrogen) atoms. The topological polar surface area (TPSA) is 43.4 Å². The lowest BCUT2D eigenvalue weighted by atomic mass is 10.1. The molecular weight excluding hydrogens is 228 g/mol. The van der Waals surface area contributed by atoms with Gasteiger partial charge in [0, 0.05) is 17.6 Å². The third-order valence-electron chi connectivity index (χ3n) is 2.84. The maximum atomic E-state index is 11.8.